The van der Waals surface area contributed by atoms with Gasteiger partial charge in [-0.2, -0.15) is 0 Å². The van der Waals surface area contributed by atoms with Crippen molar-refractivity contribution < 1.29 is 13.5 Å². The summed E-state index contributed by atoms with van der Waals surface area (Å²) in [5, 5.41) is 12.6. The lowest BCUT2D eigenvalue weighted by Gasteiger charge is -2.39. The smallest absolute Gasteiger partial charge is 0.152 e. The minimum absolute atomic E-state index is 0.0619. The third-order valence-corrected chi connectivity index (χ3v) is 5.15. The lowest BCUT2D eigenvalue weighted by Crippen LogP contribution is -2.60. The van der Waals surface area contributed by atoms with Gasteiger partial charge in [-0.15, -0.1) is 0 Å². The van der Waals surface area contributed by atoms with E-state index < -0.39 is 21.5 Å². The molecule has 1 saturated heterocycles. The molecule has 3 unspecified atom stereocenters. The lowest BCUT2D eigenvalue weighted by atomic mass is 9.93. The summed E-state index contributed by atoms with van der Waals surface area (Å²) in [4.78, 5) is 0. The summed E-state index contributed by atoms with van der Waals surface area (Å²) in [6, 6.07) is 0.0619. The van der Waals surface area contributed by atoms with Gasteiger partial charge in [0, 0.05) is 18.1 Å². The molecule has 0 aromatic carbocycles. The molecule has 4 N–H and O–H groups in total. The number of hydrogen-bond acceptors (Lipinski definition) is 5. The van der Waals surface area contributed by atoms with E-state index in [2.05, 4.69) is 5.32 Å². The molecule has 0 aromatic rings. The van der Waals surface area contributed by atoms with Crippen molar-refractivity contribution in [1.82, 2.24) is 5.32 Å². The first-order valence-corrected chi connectivity index (χ1v) is 7.97. The Morgan fingerprint density at radius 1 is 1.47 bits per heavy atom. The average molecular weight is 264 g/mol. The minimum Gasteiger partial charge on any atom is -0.393 e. The van der Waals surface area contributed by atoms with Crippen LogP contribution in [-0.2, 0) is 9.84 Å². The Hall–Kier alpha value is -0.170. The fourth-order valence-electron chi connectivity index (χ4n) is 2.62. The van der Waals surface area contributed by atoms with Gasteiger partial charge in [0.15, 0.2) is 9.84 Å². The summed E-state index contributed by atoms with van der Waals surface area (Å²) >= 11 is 0. The molecule has 102 valence electrons. The van der Waals surface area contributed by atoms with Crippen LogP contribution in [0, 0.1) is 0 Å². The van der Waals surface area contributed by atoms with Crippen molar-refractivity contribution in [2.45, 2.75) is 50.8 Å². The predicted molar refractivity (Wildman–Crippen MR) is 68.6 cm³/mol. The van der Waals surface area contributed by atoms with E-state index in [9.17, 15) is 13.5 Å². The van der Waals surface area contributed by atoms with E-state index in [4.69, 9.17) is 5.73 Å². The third kappa shape index (κ3) is 4.54. The van der Waals surface area contributed by atoms with Crippen LogP contribution in [0.1, 0.15) is 33.1 Å². The molecule has 1 aliphatic heterocycles. The molecule has 0 spiro atoms. The summed E-state index contributed by atoms with van der Waals surface area (Å²) in [5.41, 5.74) is 5.24. The molecule has 1 rings (SSSR count). The van der Waals surface area contributed by atoms with Crippen molar-refractivity contribution in [3.05, 3.63) is 0 Å². The van der Waals surface area contributed by atoms with Gasteiger partial charge in [-0.1, -0.05) is 0 Å². The lowest BCUT2D eigenvalue weighted by molar-refractivity contribution is 0.159. The van der Waals surface area contributed by atoms with Gasteiger partial charge in [-0.05, 0) is 33.1 Å². The highest BCUT2D eigenvalue weighted by Crippen LogP contribution is 2.23. The van der Waals surface area contributed by atoms with Gasteiger partial charge in [-0.25, -0.2) is 8.42 Å². The maximum Gasteiger partial charge on any atom is 0.152 e. The van der Waals surface area contributed by atoms with E-state index in [1.807, 2.05) is 6.92 Å². The quantitative estimate of drug-likeness (QED) is 0.631. The second-order valence-corrected chi connectivity index (χ2v) is 7.49. The van der Waals surface area contributed by atoms with Crippen molar-refractivity contribution in [3.63, 3.8) is 0 Å². The van der Waals surface area contributed by atoms with E-state index >= 15 is 0 Å². The predicted octanol–water partition coefficient (Wildman–Crippen LogP) is -0.358. The standard InChI is InChI=1S/C11H24N2O3S/c1-9(6-10(2)14)13-11(7-12)4-3-5-17(15,16)8-11/h9-10,13-14H,3-8,12H2,1-2H3. The van der Waals surface area contributed by atoms with Crippen molar-refractivity contribution in [1.29, 1.82) is 0 Å². The molecule has 0 radical (unpaired) electrons. The zero-order valence-electron chi connectivity index (χ0n) is 10.6. The zero-order valence-corrected chi connectivity index (χ0v) is 11.5. The van der Waals surface area contributed by atoms with Crippen LogP contribution in [-0.4, -0.2) is 49.3 Å². The molecule has 17 heavy (non-hydrogen) atoms. The molecular weight excluding hydrogens is 240 g/mol. The Balaban J connectivity index is 2.68. The molecular formula is C11H24N2O3S. The largest absolute Gasteiger partial charge is 0.393 e. The highest BCUT2D eigenvalue weighted by atomic mass is 32.2. The van der Waals surface area contributed by atoms with Crippen molar-refractivity contribution in [2.75, 3.05) is 18.1 Å². The number of aliphatic hydroxyl groups is 1. The number of sulfone groups is 1. The third-order valence-electron chi connectivity index (χ3n) is 3.24. The Labute approximate surface area is 104 Å². The summed E-state index contributed by atoms with van der Waals surface area (Å²) in [5.74, 6) is 0.377. The van der Waals surface area contributed by atoms with Gasteiger partial charge >= 0.3 is 0 Å². The molecule has 0 bridgehead atoms. The van der Waals surface area contributed by atoms with Gasteiger partial charge in [0.1, 0.15) is 0 Å². The van der Waals surface area contributed by atoms with Crippen LogP contribution in [0.2, 0.25) is 0 Å². The van der Waals surface area contributed by atoms with Crippen molar-refractivity contribution in [2.24, 2.45) is 5.73 Å². The highest BCUT2D eigenvalue weighted by Gasteiger charge is 2.38. The maximum atomic E-state index is 11.7. The summed E-state index contributed by atoms with van der Waals surface area (Å²) in [6.07, 6.45) is 1.65. The molecule has 1 fully saturated rings. The number of hydrogen-bond donors (Lipinski definition) is 3. The zero-order chi connectivity index (χ0) is 13.1. The number of aliphatic hydroxyl groups excluding tert-OH is 1. The second-order valence-electron chi connectivity index (χ2n) is 5.31. The molecule has 5 nitrogen and oxygen atoms in total. The van der Waals surface area contributed by atoms with Crippen LogP contribution in [0.5, 0.6) is 0 Å². The Morgan fingerprint density at radius 2 is 2.12 bits per heavy atom. The van der Waals surface area contributed by atoms with Gasteiger partial charge < -0.3 is 16.2 Å². The number of nitrogens with two attached hydrogens (primary N) is 1. The molecule has 6 heteroatoms. The van der Waals surface area contributed by atoms with Crippen LogP contribution >= 0.6 is 0 Å². The first kappa shape index (κ1) is 14.9. The molecule has 0 amide bonds. The molecule has 0 aromatic heterocycles. The normalized spacial score (nSPS) is 32.0. The molecule has 1 aliphatic rings. The average Bonchev–Trinajstić information content (AvgIpc) is 2.14. The van der Waals surface area contributed by atoms with Gasteiger partial charge in [-0.3, -0.25) is 0 Å². The highest BCUT2D eigenvalue weighted by molar-refractivity contribution is 7.91. The van der Waals surface area contributed by atoms with Gasteiger partial charge in [0.25, 0.3) is 0 Å². The first-order valence-electron chi connectivity index (χ1n) is 6.15. The van der Waals surface area contributed by atoms with Crippen LogP contribution in [0.15, 0.2) is 0 Å². The van der Waals surface area contributed by atoms with Crippen molar-refractivity contribution in [3.8, 4) is 0 Å². The summed E-state index contributed by atoms with van der Waals surface area (Å²) in [6.45, 7) is 3.99. The SMILES string of the molecule is CC(O)CC(C)NC1(CN)CCCS(=O)(=O)C1. The first-order chi connectivity index (χ1) is 7.79. The van der Waals surface area contributed by atoms with E-state index in [0.29, 0.717) is 19.4 Å². The fraction of sp³-hybridized carbons (Fsp3) is 1.00. The summed E-state index contributed by atoms with van der Waals surface area (Å²) in [7, 11) is -2.98. The fourth-order valence-corrected chi connectivity index (χ4v) is 4.54. The second kappa shape index (κ2) is 5.65. The maximum absolute atomic E-state index is 11.7. The Morgan fingerprint density at radius 3 is 2.59 bits per heavy atom. The molecule has 0 aliphatic carbocycles. The van der Waals surface area contributed by atoms with Gasteiger partial charge in [0.2, 0.25) is 0 Å². The van der Waals surface area contributed by atoms with Crippen LogP contribution in [0.4, 0.5) is 0 Å². The Bertz CT molecular complexity index is 343. The van der Waals surface area contributed by atoms with E-state index in [1.54, 1.807) is 6.92 Å². The van der Waals surface area contributed by atoms with Crippen LogP contribution < -0.4 is 11.1 Å². The molecule has 0 saturated carbocycles. The minimum atomic E-state index is -2.98. The summed E-state index contributed by atoms with van der Waals surface area (Å²) < 4.78 is 23.4. The van der Waals surface area contributed by atoms with E-state index in [-0.39, 0.29) is 17.5 Å². The van der Waals surface area contributed by atoms with Gasteiger partial charge in [0.05, 0.1) is 17.6 Å². The van der Waals surface area contributed by atoms with Crippen molar-refractivity contribution >= 4 is 9.84 Å². The van der Waals surface area contributed by atoms with Crippen LogP contribution in [0.25, 0.3) is 0 Å². The van der Waals surface area contributed by atoms with E-state index in [0.717, 1.165) is 6.42 Å². The number of rotatable bonds is 5. The van der Waals surface area contributed by atoms with E-state index in [1.165, 1.54) is 0 Å². The Kier molecular flexibility index (Phi) is 4.95. The molecule has 3 atom stereocenters. The monoisotopic (exact) mass is 264 g/mol. The number of nitrogens with one attached hydrogen (secondary N) is 1. The molecule has 1 heterocycles. The van der Waals surface area contributed by atoms with Crippen LogP contribution in [0.3, 0.4) is 0 Å². The topological polar surface area (TPSA) is 92.4 Å².